The molecule has 1 amide bonds. The van der Waals surface area contributed by atoms with Gasteiger partial charge in [-0.1, -0.05) is 30.7 Å². The lowest BCUT2D eigenvalue weighted by Gasteiger charge is -2.32. The van der Waals surface area contributed by atoms with Gasteiger partial charge in [0.15, 0.2) is 5.96 Å². The zero-order chi connectivity index (χ0) is 21.6. The molecule has 30 heavy (non-hydrogen) atoms. The molecule has 1 saturated carbocycles. The van der Waals surface area contributed by atoms with Crippen LogP contribution in [-0.2, 0) is 17.8 Å². The van der Waals surface area contributed by atoms with E-state index in [-0.39, 0.29) is 24.8 Å². The van der Waals surface area contributed by atoms with Crippen LogP contribution in [0.4, 0.5) is 13.2 Å². The summed E-state index contributed by atoms with van der Waals surface area (Å²) in [6.07, 6.45) is -0.604. The minimum atomic E-state index is -4.13. The molecular formula is C22H31F3N4O. The van der Waals surface area contributed by atoms with Crippen molar-refractivity contribution in [1.29, 1.82) is 0 Å². The van der Waals surface area contributed by atoms with Crippen LogP contribution >= 0.6 is 0 Å². The number of nitrogens with zero attached hydrogens (tertiary/aromatic N) is 2. The van der Waals surface area contributed by atoms with E-state index in [9.17, 15) is 18.0 Å². The molecule has 1 aromatic carbocycles. The second-order valence-electron chi connectivity index (χ2n) is 8.18. The van der Waals surface area contributed by atoms with Crippen LogP contribution in [0.2, 0.25) is 0 Å². The van der Waals surface area contributed by atoms with Gasteiger partial charge in [-0.3, -0.25) is 9.79 Å². The summed E-state index contributed by atoms with van der Waals surface area (Å²) in [5.74, 6) is -0.606. The van der Waals surface area contributed by atoms with Crippen LogP contribution in [0.25, 0.3) is 0 Å². The molecule has 1 aromatic rings. The molecule has 1 fully saturated rings. The molecule has 2 aliphatic rings. The van der Waals surface area contributed by atoms with E-state index in [1.54, 1.807) is 7.05 Å². The summed E-state index contributed by atoms with van der Waals surface area (Å²) in [6.45, 7) is 1.95. The van der Waals surface area contributed by atoms with Crippen LogP contribution in [0, 0.1) is 5.92 Å². The monoisotopic (exact) mass is 424 g/mol. The Labute approximate surface area is 176 Å². The van der Waals surface area contributed by atoms with Crippen molar-refractivity contribution in [2.45, 2.75) is 63.7 Å². The van der Waals surface area contributed by atoms with Gasteiger partial charge in [0.1, 0.15) is 0 Å². The Morgan fingerprint density at radius 1 is 1.23 bits per heavy atom. The van der Waals surface area contributed by atoms with Crippen molar-refractivity contribution in [3.8, 4) is 0 Å². The first-order valence-corrected chi connectivity index (χ1v) is 10.7. The van der Waals surface area contributed by atoms with Gasteiger partial charge < -0.3 is 15.5 Å². The number of rotatable bonds is 5. The topological polar surface area (TPSA) is 56.7 Å². The Bertz CT molecular complexity index is 750. The van der Waals surface area contributed by atoms with Gasteiger partial charge in [-0.15, -0.1) is 0 Å². The third kappa shape index (κ3) is 6.12. The van der Waals surface area contributed by atoms with Crippen molar-refractivity contribution < 1.29 is 18.0 Å². The van der Waals surface area contributed by atoms with Crippen LogP contribution in [0.1, 0.15) is 49.7 Å². The first kappa shape index (κ1) is 22.4. The summed E-state index contributed by atoms with van der Waals surface area (Å²) in [7, 11) is 1.61. The van der Waals surface area contributed by atoms with Gasteiger partial charge in [0.25, 0.3) is 0 Å². The number of hydrogen-bond acceptors (Lipinski definition) is 2. The molecule has 1 aliphatic heterocycles. The van der Waals surface area contributed by atoms with Gasteiger partial charge in [-0.2, -0.15) is 13.2 Å². The smallest absolute Gasteiger partial charge is 0.356 e. The second kappa shape index (κ2) is 10.2. The predicted molar refractivity (Wildman–Crippen MR) is 111 cm³/mol. The van der Waals surface area contributed by atoms with E-state index in [1.807, 2.05) is 17.0 Å². The normalized spacial score (nSPS) is 22.4. The highest BCUT2D eigenvalue weighted by Gasteiger charge is 2.42. The highest BCUT2D eigenvalue weighted by atomic mass is 19.4. The molecule has 0 bridgehead atoms. The zero-order valence-electron chi connectivity index (χ0n) is 17.5. The van der Waals surface area contributed by atoms with E-state index in [1.165, 1.54) is 11.1 Å². The third-order valence-electron chi connectivity index (χ3n) is 6.04. The Kier molecular flexibility index (Phi) is 7.61. The minimum Gasteiger partial charge on any atom is -0.356 e. The quantitative estimate of drug-likeness (QED) is 0.431. The molecular weight excluding hydrogens is 393 g/mol. The summed E-state index contributed by atoms with van der Waals surface area (Å²) >= 11 is 0. The molecule has 1 heterocycles. The first-order chi connectivity index (χ1) is 14.4. The van der Waals surface area contributed by atoms with Crippen molar-refractivity contribution in [3.63, 3.8) is 0 Å². The predicted octanol–water partition coefficient (Wildman–Crippen LogP) is 3.64. The largest absolute Gasteiger partial charge is 0.391 e. The van der Waals surface area contributed by atoms with Crippen LogP contribution in [-0.4, -0.2) is 49.1 Å². The number of guanidine groups is 1. The average Bonchev–Trinajstić information content (AvgIpc) is 2.75. The first-order valence-electron chi connectivity index (χ1n) is 10.7. The van der Waals surface area contributed by atoms with E-state index < -0.39 is 12.1 Å². The highest BCUT2D eigenvalue weighted by molar-refractivity contribution is 5.80. The molecule has 3 rings (SSSR count). The summed E-state index contributed by atoms with van der Waals surface area (Å²) in [6, 6.07) is 7.98. The third-order valence-corrected chi connectivity index (χ3v) is 6.04. The molecule has 2 unspecified atom stereocenters. The Morgan fingerprint density at radius 3 is 2.73 bits per heavy atom. The van der Waals surface area contributed by atoms with Crippen molar-refractivity contribution in [2.75, 3.05) is 20.1 Å². The lowest BCUT2D eigenvalue weighted by atomic mass is 9.85. The standard InChI is InChI=1S/C22H31F3N4O/c1-26-21(28-19-9-4-8-18(14-19)22(23,24)25)27-12-5-10-20(30)29-13-11-16-6-2-3-7-17(16)15-29/h2-3,6-7,18-19H,4-5,8-15H2,1H3,(H2,26,27,28). The number of fused-ring (bicyclic) bond motifs is 1. The number of nitrogens with one attached hydrogen (secondary N) is 2. The summed E-state index contributed by atoms with van der Waals surface area (Å²) in [5.41, 5.74) is 2.53. The number of aliphatic imine (C=N–C) groups is 1. The van der Waals surface area contributed by atoms with Gasteiger partial charge in [0, 0.05) is 39.1 Å². The van der Waals surface area contributed by atoms with Crippen LogP contribution in [0.3, 0.4) is 0 Å². The van der Waals surface area contributed by atoms with Crippen molar-refractivity contribution in [1.82, 2.24) is 15.5 Å². The van der Waals surface area contributed by atoms with Gasteiger partial charge in [0.05, 0.1) is 5.92 Å². The fourth-order valence-electron chi connectivity index (χ4n) is 4.32. The Balaban J connectivity index is 1.37. The maximum absolute atomic E-state index is 13.0. The Morgan fingerprint density at radius 2 is 2.00 bits per heavy atom. The second-order valence-corrected chi connectivity index (χ2v) is 8.18. The van der Waals surface area contributed by atoms with Crippen LogP contribution in [0.5, 0.6) is 0 Å². The fraction of sp³-hybridized carbons (Fsp3) is 0.636. The zero-order valence-corrected chi connectivity index (χ0v) is 17.5. The SMILES string of the molecule is CN=C(NCCCC(=O)N1CCc2ccccc2C1)NC1CCCC(C(F)(F)F)C1. The van der Waals surface area contributed by atoms with Gasteiger partial charge in [0.2, 0.25) is 5.91 Å². The lowest BCUT2D eigenvalue weighted by Crippen LogP contribution is -2.47. The highest BCUT2D eigenvalue weighted by Crippen LogP contribution is 2.37. The van der Waals surface area contributed by atoms with Gasteiger partial charge in [-0.25, -0.2) is 0 Å². The van der Waals surface area contributed by atoms with E-state index in [0.717, 1.165) is 13.0 Å². The molecule has 2 atom stereocenters. The molecule has 5 nitrogen and oxygen atoms in total. The van der Waals surface area contributed by atoms with Crippen LogP contribution in [0.15, 0.2) is 29.3 Å². The fourth-order valence-corrected chi connectivity index (χ4v) is 4.32. The summed E-state index contributed by atoms with van der Waals surface area (Å²) in [5, 5.41) is 6.24. The maximum atomic E-state index is 13.0. The molecule has 1 aliphatic carbocycles. The van der Waals surface area contributed by atoms with E-state index in [2.05, 4.69) is 27.8 Å². The molecule has 8 heteroatoms. The van der Waals surface area contributed by atoms with E-state index >= 15 is 0 Å². The van der Waals surface area contributed by atoms with Gasteiger partial charge in [-0.05, 0) is 43.2 Å². The molecule has 0 saturated heterocycles. The van der Waals surface area contributed by atoms with Crippen molar-refractivity contribution >= 4 is 11.9 Å². The number of carbonyl (C=O) groups is 1. The molecule has 0 aromatic heterocycles. The van der Waals surface area contributed by atoms with Crippen molar-refractivity contribution in [3.05, 3.63) is 35.4 Å². The molecule has 0 radical (unpaired) electrons. The number of amides is 1. The number of alkyl halides is 3. The number of benzene rings is 1. The molecule has 166 valence electrons. The molecule has 2 N–H and O–H groups in total. The Hall–Kier alpha value is -2.25. The lowest BCUT2D eigenvalue weighted by molar-refractivity contribution is -0.183. The van der Waals surface area contributed by atoms with E-state index in [4.69, 9.17) is 0 Å². The number of hydrogen-bond donors (Lipinski definition) is 2. The minimum absolute atomic E-state index is 0.0825. The number of carbonyl (C=O) groups excluding carboxylic acids is 1. The van der Waals surface area contributed by atoms with Gasteiger partial charge >= 0.3 is 6.18 Å². The number of halogens is 3. The van der Waals surface area contributed by atoms with Crippen LogP contribution < -0.4 is 10.6 Å². The van der Waals surface area contributed by atoms with Crippen molar-refractivity contribution in [2.24, 2.45) is 10.9 Å². The summed E-state index contributed by atoms with van der Waals surface area (Å²) < 4.78 is 39.0. The average molecular weight is 425 g/mol. The maximum Gasteiger partial charge on any atom is 0.391 e. The van der Waals surface area contributed by atoms with E-state index in [0.29, 0.717) is 44.7 Å². The molecule has 0 spiro atoms. The summed E-state index contributed by atoms with van der Waals surface area (Å²) in [4.78, 5) is 18.5.